The molecule has 4 heteroatoms. The number of nitrogens with zero attached hydrogens (tertiary/aromatic N) is 2. The largest absolute Gasteiger partial charge is 0.456 e. The highest BCUT2D eigenvalue weighted by Crippen LogP contribution is 2.48. The molecular weight excluding hydrogens is 775 g/mol. The molecule has 0 bridgehead atoms. The van der Waals surface area contributed by atoms with Gasteiger partial charge >= 0.3 is 0 Å². The van der Waals surface area contributed by atoms with Crippen LogP contribution in [-0.2, 0) is 16.2 Å². The molecule has 0 saturated carbocycles. The molecule has 0 amide bonds. The van der Waals surface area contributed by atoms with Crippen molar-refractivity contribution in [3.63, 3.8) is 0 Å². The average molecular weight is 831 g/mol. The molecule has 64 heavy (non-hydrogen) atoms. The molecule has 0 aliphatic carbocycles. The number of fused-ring (bicyclic) bond motifs is 7. The van der Waals surface area contributed by atoms with Gasteiger partial charge in [0, 0.05) is 56.3 Å². The molecule has 9 aromatic rings. The molecule has 3 heterocycles. The Morgan fingerprint density at radius 2 is 1.09 bits per heavy atom. The Morgan fingerprint density at radius 1 is 0.500 bits per heavy atom. The molecule has 0 spiro atoms. The summed E-state index contributed by atoms with van der Waals surface area (Å²) < 4.78 is 7.02. The molecule has 2 aliphatic heterocycles. The average Bonchev–Trinajstić information content (AvgIpc) is 3.64. The zero-order chi connectivity index (χ0) is 44.3. The summed E-state index contributed by atoms with van der Waals surface area (Å²) in [5.74, 6) is 0. The predicted molar refractivity (Wildman–Crippen MR) is 274 cm³/mol. The Morgan fingerprint density at radius 3 is 1.73 bits per heavy atom. The van der Waals surface area contributed by atoms with E-state index in [2.05, 4.69) is 242 Å². The summed E-state index contributed by atoms with van der Waals surface area (Å²) in [6.07, 6.45) is 0. The topological polar surface area (TPSA) is 19.6 Å². The van der Waals surface area contributed by atoms with E-state index in [-0.39, 0.29) is 23.0 Å². The molecule has 3 nitrogen and oxygen atoms in total. The quantitative estimate of drug-likeness (QED) is 0.161. The summed E-state index contributed by atoms with van der Waals surface area (Å²) in [6, 6.07) is 63.1. The number of rotatable bonds is 5. The molecular formula is C60H55BN2O. The number of hydrogen-bond donors (Lipinski definition) is 0. The lowest BCUT2D eigenvalue weighted by atomic mass is 9.30. The maximum atomic E-state index is 7.02. The van der Waals surface area contributed by atoms with E-state index in [0.717, 1.165) is 39.0 Å². The smallest absolute Gasteiger partial charge is 0.247 e. The zero-order valence-corrected chi connectivity index (χ0v) is 38.5. The monoisotopic (exact) mass is 830 g/mol. The maximum absolute atomic E-state index is 7.02. The molecule has 0 unspecified atom stereocenters. The third-order valence-electron chi connectivity index (χ3n) is 14.0. The van der Waals surface area contributed by atoms with Crippen LogP contribution in [0.2, 0.25) is 0 Å². The van der Waals surface area contributed by atoms with Crippen LogP contribution in [0.25, 0.3) is 33.1 Å². The molecule has 0 N–H and O–H groups in total. The Balaban J connectivity index is 1.16. The summed E-state index contributed by atoms with van der Waals surface area (Å²) in [5, 5.41) is 2.29. The predicted octanol–water partition coefficient (Wildman–Crippen LogP) is 14.6. The van der Waals surface area contributed by atoms with Gasteiger partial charge in [-0.1, -0.05) is 152 Å². The van der Waals surface area contributed by atoms with Crippen LogP contribution in [0.1, 0.15) is 83.2 Å². The lowest BCUT2D eigenvalue weighted by molar-refractivity contribution is 0.590. The van der Waals surface area contributed by atoms with Crippen molar-refractivity contribution in [2.75, 3.05) is 9.80 Å². The first-order chi connectivity index (χ1) is 30.7. The van der Waals surface area contributed by atoms with E-state index in [1.165, 1.54) is 72.4 Å². The van der Waals surface area contributed by atoms with Crippen LogP contribution in [0, 0.1) is 6.92 Å². The standard InChI is InChI=1S/C60H55BN2O/c1-38-31-49-57-54(32-38)63(52-29-25-40(58(2,3)4)33-46(52)39-19-13-10-14-20-39)53-30-26-41(59(5,6)7)34-51(53)61(57)50-37-56-47(36-48(50)60(49,8)9)45-28-27-44(35-55(45)64-56)62(42-21-15-11-16-22-42)43-23-17-12-18-24-43/h10-37H,1-9H3. The van der Waals surface area contributed by atoms with E-state index in [1.54, 1.807) is 0 Å². The van der Waals surface area contributed by atoms with Crippen molar-refractivity contribution in [1.29, 1.82) is 0 Å². The molecule has 314 valence electrons. The Bertz CT molecular complexity index is 3240. The fraction of sp³-hybridized carbons (Fsp3) is 0.200. The fourth-order valence-electron chi connectivity index (χ4n) is 10.6. The number of aryl methyl sites for hydroxylation is 1. The molecule has 8 aromatic carbocycles. The van der Waals surface area contributed by atoms with Crippen molar-refractivity contribution in [2.24, 2.45) is 0 Å². The molecule has 0 atom stereocenters. The van der Waals surface area contributed by atoms with Gasteiger partial charge < -0.3 is 14.2 Å². The first-order valence-corrected chi connectivity index (χ1v) is 22.9. The molecule has 2 aliphatic rings. The number of anilines is 6. The van der Waals surface area contributed by atoms with Crippen molar-refractivity contribution >= 4 is 79.2 Å². The van der Waals surface area contributed by atoms with Crippen molar-refractivity contribution in [2.45, 2.75) is 78.6 Å². The van der Waals surface area contributed by atoms with Crippen LogP contribution >= 0.6 is 0 Å². The minimum absolute atomic E-state index is 0.00245. The van der Waals surface area contributed by atoms with E-state index in [1.807, 2.05) is 0 Å². The minimum atomic E-state index is -0.291. The van der Waals surface area contributed by atoms with Crippen molar-refractivity contribution in [1.82, 2.24) is 0 Å². The highest BCUT2D eigenvalue weighted by atomic mass is 16.3. The summed E-state index contributed by atoms with van der Waals surface area (Å²) in [5.41, 5.74) is 21.6. The molecule has 11 rings (SSSR count). The Labute approximate surface area is 379 Å². The summed E-state index contributed by atoms with van der Waals surface area (Å²) in [4.78, 5) is 4.89. The van der Waals surface area contributed by atoms with E-state index < -0.39 is 0 Å². The SMILES string of the molecule is Cc1cc2c3c(c1)C(C)(C)c1cc4c(cc1B3c1cc(C(C)(C)C)ccc1N2c1ccc(C(C)(C)C)cc1-c1ccccc1)oc1cc(N(c2ccccc2)c2ccccc2)ccc14. The van der Waals surface area contributed by atoms with Gasteiger partial charge in [-0.2, -0.15) is 0 Å². The molecule has 0 fully saturated rings. The molecule has 0 radical (unpaired) electrons. The van der Waals surface area contributed by atoms with E-state index in [9.17, 15) is 0 Å². The lowest BCUT2D eigenvalue weighted by Gasteiger charge is -2.46. The lowest BCUT2D eigenvalue weighted by Crippen LogP contribution is -2.64. The van der Waals surface area contributed by atoms with Crippen LogP contribution in [0.4, 0.5) is 34.1 Å². The molecule has 0 saturated heterocycles. The normalized spacial score (nSPS) is 14.1. The van der Waals surface area contributed by atoms with Gasteiger partial charge in [-0.15, -0.1) is 0 Å². The van der Waals surface area contributed by atoms with Crippen molar-refractivity contribution in [3.05, 3.63) is 198 Å². The highest BCUT2D eigenvalue weighted by molar-refractivity contribution is 6.99. The molecule has 1 aromatic heterocycles. The van der Waals surface area contributed by atoms with E-state index in [4.69, 9.17) is 4.42 Å². The second-order valence-corrected chi connectivity index (χ2v) is 20.7. The van der Waals surface area contributed by atoms with Gasteiger partial charge in [-0.05, 0) is 135 Å². The Kier molecular flexibility index (Phi) is 8.99. The number of hydrogen-bond acceptors (Lipinski definition) is 3. The maximum Gasteiger partial charge on any atom is 0.247 e. The van der Waals surface area contributed by atoms with Crippen LogP contribution < -0.4 is 26.2 Å². The second kappa shape index (κ2) is 14.4. The highest BCUT2D eigenvalue weighted by Gasteiger charge is 2.47. The van der Waals surface area contributed by atoms with E-state index in [0.29, 0.717) is 0 Å². The summed E-state index contributed by atoms with van der Waals surface area (Å²) >= 11 is 0. The third-order valence-corrected chi connectivity index (χ3v) is 14.0. The van der Waals surface area contributed by atoms with Gasteiger partial charge in [0.2, 0.25) is 6.71 Å². The van der Waals surface area contributed by atoms with Gasteiger partial charge in [0.1, 0.15) is 11.2 Å². The first kappa shape index (κ1) is 40.0. The number of benzene rings is 8. The summed E-state index contributed by atoms with van der Waals surface area (Å²) in [6.45, 7) is 21.1. The van der Waals surface area contributed by atoms with Gasteiger partial charge in [0.05, 0.1) is 5.69 Å². The van der Waals surface area contributed by atoms with Crippen molar-refractivity contribution < 1.29 is 4.42 Å². The third kappa shape index (κ3) is 6.33. The van der Waals surface area contributed by atoms with Crippen LogP contribution in [0.15, 0.2) is 174 Å². The second-order valence-electron chi connectivity index (χ2n) is 20.7. The number of para-hydroxylation sites is 2. The first-order valence-electron chi connectivity index (χ1n) is 22.9. The fourth-order valence-corrected chi connectivity index (χ4v) is 10.6. The van der Waals surface area contributed by atoms with Crippen molar-refractivity contribution in [3.8, 4) is 11.1 Å². The zero-order valence-electron chi connectivity index (χ0n) is 38.5. The van der Waals surface area contributed by atoms with Crippen LogP contribution in [-0.4, -0.2) is 6.71 Å². The van der Waals surface area contributed by atoms with Gasteiger partial charge in [0.15, 0.2) is 0 Å². The van der Waals surface area contributed by atoms with Gasteiger partial charge in [-0.25, -0.2) is 0 Å². The van der Waals surface area contributed by atoms with E-state index >= 15 is 0 Å². The van der Waals surface area contributed by atoms with Crippen LogP contribution in [0.5, 0.6) is 0 Å². The summed E-state index contributed by atoms with van der Waals surface area (Å²) in [7, 11) is 0. The van der Waals surface area contributed by atoms with Gasteiger partial charge in [0.25, 0.3) is 0 Å². The number of furan rings is 1. The minimum Gasteiger partial charge on any atom is -0.456 e. The van der Waals surface area contributed by atoms with Crippen LogP contribution in [0.3, 0.4) is 0 Å². The van der Waals surface area contributed by atoms with Gasteiger partial charge in [-0.3, -0.25) is 0 Å². The Hall–Kier alpha value is -6.78.